The molecule has 2 rings (SSSR count). The number of thioether (sulfide) groups is 1. The molecule has 1 amide bonds. The van der Waals surface area contributed by atoms with Crippen LogP contribution in [0, 0.1) is 12.8 Å². The van der Waals surface area contributed by atoms with E-state index in [0.717, 1.165) is 12.1 Å². The Bertz CT molecular complexity index is 609. The third-order valence-electron chi connectivity index (χ3n) is 2.98. The van der Waals surface area contributed by atoms with Crippen molar-refractivity contribution in [2.75, 3.05) is 5.75 Å². The van der Waals surface area contributed by atoms with Crippen molar-refractivity contribution in [1.29, 1.82) is 0 Å². The van der Waals surface area contributed by atoms with Gasteiger partial charge in [-0.15, -0.1) is 5.10 Å². The van der Waals surface area contributed by atoms with Crippen molar-refractivity contribution in [3.8, 4) is 0 Å². The van der Waals surface area contributed by atoms with Crippen LogP contribution in [-0.2, 0) is 17.9 Å². The molecule has 0 unspecified atom stereocenters. The van der Waals surface area contributed by atoms with Crippen LogP contribution in [0.4, 0.5) is 0 Å². The van der Waals surface area contributed by atoms with Crippen molar-refractivity contribution in [3.05, 3.63) is 35.4 Å². The minimum absolute atomic E-state index is 0.0235. The summed E-state index contributed by atoms with van der Waals surface area (Å²) in [6, 6.07) is 8.12. The molecule has 0 fully saturated rings. The van der Waals surface area contributed by atoms with Gasteiger partial charge in [0.25, 0.3) is 0 Å². The molecule has 1 N–H and O–H groups in total. The monoisotopic (exact) mass is 319 g/mol. The predicted molar refractivity (Wildman–Crippen MR) is 86.4 cm³/mol. The lowest BCUT2D eigenvalue weighted by molar-refractivity contribution is -0.118. The molecular weight excluding hydrogens is 298 g/mol. The molecule has 0 saturated carbocycles. The van der Waals surface area contributed by atoms with Crippen molar-refractivity contribution in [2.45, 2.75) is 39.0 Å². The summed E-state index contributed by atoms with van der Waals surface area (Å²) in [6.07, 6.45) is 0. The zero-order valence-electron chi connectivity index (χ0n) is 13.1. The number of carbonyl (C=O) groups is 1. The summed E-state index contributed by atoms with van der Waals surface area (Å²) in [5.41, 5.74) is 2.30. The van der Waals surface area contributed by atoms with Crippen LogP contribution in [0.25, 0.3) is 0 Å². The molecular formula is C15H21N5OS. The molecule has 0 bridgehead atoms. The predicted octanol–water partition coefficient (Wildman–Crippen LogP) is 2.05. The average Bonchev–Trinajstić information content (AvgIpc) is 2.91. The second-order valence-electron chi connectivity index (χ2n) is 5.59. The maximum Gasteiger partial charge on any atom is 0.230 e. The Morgan fingerprint density at radius 1 is 1.32 bits per heavy atom. The molecule has 0 spiro atoms. The Hall–Kier alpha value is -1.89. The number of benzene rings is 1. The zero-order chi connectivity index (χ0) is 15.9. The fourth-order valence-electron chi connectivity index (χ4n) is 1.85. The number of carbonyl (C=O) groups excluding carboxylic acids is 1. The summed E-state index contributed by atoms with van der Waals surface area (Å²) in [5.74, 6) is 0.743. The van der Waals surface area contributed by atoms with Crippen LogP contribution in [0.1, 0.15) is 25.0 Å². The first kappa shape index (κ1) is 16.5. The molecule has 22 heavy (non-hydrogen) atoms. The lowest BCUT2D eigenvalue weighted by Gasteiger charge is -2.07. The van der Waals surface area contributed by atoms with E-state index in [2.05, 4.69) is 34.7 Å². The highest BCUT2D eigenvalue weighted by atomic mass is 32.2. The van der Waals surface area contributed by atoms with Crippen molar-refractivity contribution in [1.82, 2.24) is 25.5 Å². The number of hydrogen-bond acceptors (Lipinski definition) is 5. The molecule has 7 heteroatoms. The molecule has 0 aliphatic carbocycles. The normalized spacial score (nSPS) is 10.9. The summed E-state index contributed by atoms with van der Waals surface area (Å²) >= 11 is 1.36. The maximum atomic E-state index is 11.9. The van der Waals surface area contributed by atoms with Crippen LogP contribution in [0.2, 0.25) is 0 Å². The number of rotatable bonds is 7. The van der Waals surface area contributed by atoms with E-state index in [-0.39, 0.29) is 5.91 Å². The van der Waals surface area contributed by atoms with E-state index in [9.17, 15) is 4.79 Å². The first-order valence-electron chi connectivity index (χ1n) is 7.26. The summed E-state index contributed by atoms with van der Waals surface area (Å²) in [7, 11) is 0. The van der Waals surface area contributed by atoms with E-state index in [0.29, 0.717) is 23.4 Å². The van der Waals surface area contributed by atoms with Crippen molar-refractivity contribution < 1.29 is 4.79 Å². The maximum absolute atomic E-state index is 11.9. The minimum atomic E-state index is -0.0235. The SMILES string of the molecule is Cc1ccc(CNC(=O)CSc2nnnn2CC(C)C)cc1. The molecule has 0 saturated heterocycles. The standard InChI is InChI=1S/C15H21N5OS/c1-11(2)9-20-15(17-18-19-20)22-10-14(21)16-8-13-6-4-12(3)5-7-13/h4-7,11H,8-10H2,1-3H3,(H,16,21). The van der Waals surface area contributed by atoms with Gasteiger partial charge < -0.3 is 5.32 Å². The van der Waals surface area contributed by atoms with Crippen LogP contribution in [-0.4, -0.2) is 31.9 Å². The van der Waals surface area contributed by atoms with E-state index in [1.807, 2.05) is 31.2 Å². The molecule has 6 nitrogen and oxygen atoms in total. The highest BCUT2D eigenvalue weighted by Crippen LogP contribution is 2.14. The molecule has 1 heterocycles. The number of hydrogen-bond donors (Lipinski definition) is 1. The third kappa shape index (κ3) is 5.14. The minimum Gasteiger partial charge on any atom is -0.351 e. The molecule has 1 aromatic heterocycles. The van der Waals surface area contributed by atoms with E-state index >= 15 is 0 Å². The van der Waals surface area contributed by atoms with Gasteiger partial charge in [-0.25, -0.2) is 4.68 Å². The number of tetrazole rings is 1. The summed E-state index contributed by atoms with van der Waals surface area (Å²) in [6.45, 7) is 7.53. The number of nitrogens with one attached hydrogen (secondary N) is 1. The Morgan fingerprint density at radius 2 is 2.05 bits per heavy atom. The lowest BCUT2D eigenvalue weighted by atomic mass is 10.1. The van der Waals surface area contributed by atoms with E-state index < -0.39 is 0 Å². The zero-order valence-corrected chi connectivity index (χ0v) is 13.9. The molecule has 118 valence electrons. The number of aryl methyl sites for hydroxylation is 1. The van der Waals surface area contributed by atoms with E-state index in [1.54, 1.807) is 4.68 Å². The largest absolute Gasteiger partial charge is 0.351 e. The van der Waals surface area contributed by atoms with Crippen LogP contribution >= 0.6 is 11.8 Å². The average molecular weight is 319 g/mol. The third-order valence-corrected chi connectivity index (χ3v) is 3.94. The summed E-state index contributed by atoms with van der Waals surface area (Å²) in [4.78, 5) is 11.9. The number of amides is 1. The first-order valence-corrected chi connectivity index (χ1v) is 8.24. The fraction of sp³-hybridized carbons (Fsp3) is 0.467. The van der Waals surface area contributed by atoms with Gasteiger partial charge in [-0.1, -0.05) is 55.4 Å². The van der Waals surface area contributed by atoms with Gasteiger partial charge in [0.15, 0.2) is 0 Å². The summed E-state index contributed by atoms with van der Waals surface area (Å²) < 4.78 is 1.74. The summed E-state index contributed by atoms with van der Waals surface area (Å²) in [5, 5.41) is 15.1. The van der Waals surface area contributed by atoms with Gasteiger partial charge in [-0.3, -0.25) is 4.79 Å². The molecule has 0 aliphatic heterocycles. The molecule has 0 atom stereocenters. The number of nitrogens with zero attached hydrogens (tertiary/aromatic N) is 4. The van der Waals surface area contributed by atoms with Crippen LogP contribution in [0.5, 0.6) is 0 Å². The highest BCUT2D eigenvalue weighted by molar-refractivity contribution is 7.99. The van der Waals surface area contributed by atoms with Crippen LogP contribution in [0.15, 0.2) is 29.4 Å². The van der Waals surface area contributed by atoms with Gasteiger partial charge in [0, 0.05) is 13.1 Å². The Balaban J connectivity index is 1.78. The Kier molecular flexibility index (Phi) is 5.94. The molecule has 0 radical (unpaired) electrons. The lowest BCUT2D eigenvalue weighted by Crippen LogP contribution is -2.24. The van der Waals surface area contributed by atoms with Crippen LogP contribution in [0.3, 0.4) is 0 Å². The van der Waals surface area contributed by atoms with Gasteiger partial charge in [0.05, 0.1) is 5.75 Å². The highest BCUT2D eigenvalue weighted by Gasteiger charge is 2.10. The Labute approximate surface area is 134 Å². The van der Waals surface area contributed by atoms with Crippen LogP contribution < -0.4 is 5.32 Å². The van der Waals surface area contributed by atoms with E-state index in [4.69, 9.17) is 0 Å². The van der Waals surface area contributed by atoms with Crippen molar-refractivity contribution in [3.63, 3.8) is 0 Å². The van der Waals surface area contributed by atoms with Crippen molar-refractivity contribution in [2.24, 2.45) is 5.92 Å². The van der Waals surface area contributed by atoms with Gasteiger partial charge >= 0.3 is 0 Å². The number of aromatic nitrogens is 4. The topological polar surface area (TPSA) is 72.7 Å². The smallest absolute Gasteiger partial charge is 0.230 e. The van der Waals surface area contributed by atoms with Gasteiger partial charge in [-0.05, 0) is 28.8 Å². The van der Waals surface area contributed by atoms with Gasteiger partial charge in [0.2, 0.25) is 11.1 Å². The molecule has 1 aromatic carbocycles. The van der Waals surface area contributed by atoms with Gasteiger partial charge in [0.1, 0.15) is 0 Å². The molecule has 0 aliphatic rings. The second-order valence-corrected chi connectivity index (χ2v) is 6.53. The first-order chi connectivity index (χ1) is 10.5. The van der Waals surface area contributed by atoms with Gasteiger partial charge in [-0.2, -0.15) is 0 Å². The fourth-order valence-corrected chi connectivity index (χ4v) is 2.56. The second kappa shape index (κ2) is 7.93. The Morgan fingerprint density at radius 3 is 2.73 bits per heavy atom. The van der Waals surface area contributed by atoms with E-state index in [1.165, 1.54) is 17.3 Å². The molecule has 2 aromatic rings. The van der Waals surface area contributed by atoms with Crippen molar-refractivity contribution >= 4 is 17.7 Å². The quantitative estimate of drug-likeness (QED) is 0.791.